The first-order chi connectivity index (χ1) is 9.93. The Balaban J connectivity index is 2.36. The van der Waals surface area contributed by atoms with Gasteiger partial charge in [-0.3, -0.25) is 4.79 Å². The summed E-state index contributed by atoms with van der Waals surface area (Å²) in [7, 11) is -1.56. The van der Waals surface area contributed by atoms with Crippen LogP contribution in [-0.4, -0.2) is 12.5 Å². The van der Waals surface area contributed by atoms with Crippen LogP contribution in [0, 0.1) is 0 Å². The van der Waals surface area contributed by atoms with Gasteiger partial charge in [0.05, 0.1) is 5.69 Å². The molecule has 2 aromatic rings. The highest BCUT2D eigenvalue weighted by atomic mass is 28.3. The molecule has 0 amide bonds. The first-order valence-corrected chi connectivity index (χ1v) is 10.8. The van der Waals surface area contributed by atoms with Crippen molar-refractivity contribution < 1.29 is 4.74 Å². The van der Waals surface area contributed by atoms with E-state index in [0.717, 1.165) is 17.7 Å². The smallest absolute Gasteiger partial charge is 0.223 e. The van der Waals surface area contributed by atoms with Crippen LogP contribution >= 0.6 is 0 Å². The van der Waals surface area contributed by atoms with Crippen LogP contribution in [-0.2, 0) is 13.0 Å². The summed E-state index contributed by atoms with van der Waals surface area (Å²) in [6, 6.07) is 11.6. The molecule has 0 bridgehead atoms. The molecule has 0 aliphatic rings. The Morgan fingerprint density at radius 2 is 1.76 bits per heavy atom. The number of rotatable bonds is 5. The van der Waals surface area contributed by atoms with Crippen LogP contribution in [0.15, 0.2) is 47.4 Å². The van der Waals surface area contributed by atoms with Gasteiger partial charge in [-0.05, 0) is 18.2 Å². The van der Waals surface area contributed by atoms with Crippen molar-refractivity contribution in [1.29, 1.82) is 0 Å². The predicted molar refractivity (Wildman–Crippen MR) is 89.6 cm³/mol. The van der Waals surface area contributed by atoms with E-state index in [1.165, 1.54) is 0 Å². The van der Waals surface area contributed by atoms with Gasteiger partial charge < -0.3 is 8.97 Å². The van der Waals surface area contributed by atoms with Crippen molar-refractivity contribution in [3.63, 3.8) is 0 Å². The second-order valence-electron chi connectivity index (χ2n) is 6.12. The van der Waals surface area contributed by atoms with E-state index in [4.69, 9.17) is 4.74 Å². The van der Waals surface area contributed by atoms with Crippen molar-refractivity contribution in [2.75, 3.05) is 0 Å². The normalized spacial score (nSPS) is 11.4. The van der Waals surface area contributed by atoms with E-state index >= 15 is 0 Å². The van der Waals surface area contributed by atoms with Crippen molar-refractivity contribution in [3.8, 4) is 5.75 Å². The van der Waals surface area contributed by atoms with Crippen molar-refractivity contribution in [2.24, 2.45) is 0 Å². The molecular formula is C17H23NO2Si. The molecule has 0 spiro atoms. The van der Waals surface area contributed by atoms with Gasteiger partial charge in [0.15, 0.2) is 14.0 Å². The minimum absolute atomic E-state index is 0.0303. The Bertz CT molecular complexity index is 657. The lowest BCUT2D eigenvalue weighted by molar-refractivity contribution is 0.297. The average Bonchev–Trinajstić information content (AvgIpc) is 2.45. The average molecular weight is 301 g/mol. The summed E-state index contributed by atoms with van der Waals surface area (Å²) in [5.41, 5.74) is 2.05. The highest BCUT2D eigenvalue weighted by molar-refractivity contribution is 6.74. The first-order valence-electron chi connectivity index (χ1n) is 7.35. The standard InChI is InChI=1S/C17H23NO2Si/c1-5-15-17(20-13-14-9-7-6-8-10-14)16(19)11-12-18(15)21(2,3)4/h6-12H,5,13H2,1-4H3. The third kappa shape index (κ3) is 3.64. The third-order valence-electron chi connectivity index (χ3n) is 3.44. The zero-order chi connectivity index (χ0) is 15.5. The molecule has 0 N–H and O–H groups in total. The number of hydrogen-bond acceptors (Lipinski definition) is 2. The van der Waals surface area contributed by atoms with Crippen LogP contribution in [0.25, 0.3) is 0 Å². The lowest BCUT2D eigenvalue weighted by atomic mass is 10.2. The summed E-state index contributed by atoms with van der Waals surface area (Å²) >= 11 is 0. The molecule has 112 valence electrons. The lowest BCUT2D eigenvalue weighted by Crippen LogP contribution is -2.35. The molecule has 21 heavy (non-hydrogen) atoms. The quantitative estimate of drug-likeness (QED) is 0.789. The van der Waals surface area contributed by atoms with Gasteiger partial charge in [0.1, 0.15) is 6.61 Å². The van der Waals surface area contributed by atoms with Crippen molar-refractivity contribution in [2.45, 2.75) is 39.6 Å². The fourth-order valence-electron chi connectivity index (χ4n) is 2.40. The van der Waals surface area contributed by atoms with Crippen LogP contribution in [0.3, 0.4) is 0 Å². The molecule has 0 aliphatic carbocycles. The Labute approximate surface area is 127 Å². The Kier molecular flexibility index (Phi) is 4.68. The number of aromatic nitrogens is 1. The van der Waals surface area contributed by atoms with E-state index < -0.39 is 8.24 Å². The number of hydrogen-bond donors (Lipinski definition) is 0. The summed E-state index contributed by atoms with van der Waals surface area (Å²) in [6.07, 6.45) is 2.72. The molecule has 1 heterocycles. The molecule has 0 saturated heterocycles. The van der Waals surface area contributed by atoms with Gasteiger partial charge in [-0.2, -0.15) is 0 Å². The summed E-state index contributed by atoms with van der Waals surface area (Å²) < 4.78 is 8.13. The lowest BCUT2D eigenvalue weighted by Gasteiger charge is -2.26. The highest BCUT2D eigenvalue weighted by Gasteiger charge is 2.21. The van der Waals surface area contributed by atoms with Crippen molar-refractivity contribution in [3.05, 3.63) is 64.1 Å². The summed E-state index contributed by atoms with van der Waals surface area (Å²) in [5, 5.41) is 0. The molecule has 0 atom stereocenters. The second-order valence-corrected chi connectivity index (χ2v) is 10.9. The van der Waals surface area contributed by atoms with E-state index in [9.17, 15) is 4.79 Å². The fraction of sp³-hybridized carbons (Fsp3) is 0.353. The van der Waals surface area contributed by atoms with Crippen LogP contribution in [0.4, 0.5) is 0 Å². The Morgan fingerprint density at radius 1 is 1.10 bits per heavy atom. The van der Waals surface area contributed by atoms with E-state index in [1.54, 1.807) is 6.07 Å². The molecule has 0 radical (unpaired) electrons. The van der Waals surface area contributed by atoms with Gasteiger partial charge >= 0.3 is 0 Å². The molecular weight excluding hydrogens is 278 g/mol. The van der Waals surface area contributed by atoms with E-state index in [0.29, 0.717) is 12.4 Å². The van der Waals surface area contributed by atoms with Gasteiger partial charge in [-0.1, -0.05) is 56.9 Å². The largest absolute Gasteiger partial charge is 0.483 e. The molecule has 0 unspecified atom stereocenters. The molecule has 0 fully saturated rings. The predicted octanol–water partition coefficient (Wildman–Crippen LogP) is 3.67. The first kappa shape index (κ1) is 15.6. The van der Waals surface area contributed by atoms with Crippen LogP contribution in [0.1, 0.15) is 18.2 Å². The summed E-state index contributed by atoms with van der Waals surface area (Å²) in [6.45, 7) is 9.28. The van der Waals surface area contributed by atoms with E-state index in [-0.39, 0.29) is 5.43 Å². The van der Waals surface area contributed by atoms with E-state index in [2.05, 4.69) is 30.8 Å². The zero-order valence-corrected chi connectivity index (χ0v) is 14.2. The molecule has 3 nitrogen and oxygen atoms in total. The summed E-state index contributed by atoms with van der Waals surface area (Å²) in [5.74, 6) is 0.506. The third-order valence-corrected chi connectivity index (χ3v) is 5.30. The van der Waals surface area contributed by atoms with Crippen molar-refractivity contribution in [1.82, 2.24) is 4.23 Å². The molecule has 0 aliphatic heterocycles. The van der Waals surface area contributed by atoms with Gasteiger partial charge in [0, 0.05) is 6.07 Å². The van der Waals surface area contributed by atoms with Gasteiger partial charge in [0.25, 0.3) is 0 Å². The molecule has 1 aromatic heterocycles. The van der Waals surface area contributed by atoms with Crippen LogP contribution in [0.2, 0.25) is 19.6 Å². The Morgan fingerprint density at radius 3 is 2.33 bits per heavy atom. The minimum atomic E-state index is -1.56. The van der Waals surface area contributed by atoms with Crippen LogP contribution < -0.4 is 10.2 Å². The molecule has 2 rings (SSSR count). The SMILES string of the molecule is CCc1c(OCc2ccccc2)c(=O)ccn1[Si](C)(C)C. The number of nitrogens with zero attached hydrogens (tertiary/aromatic N) is 1. The van der Waals surface area contributed by atoms with Gasteiger partial charge in [0.2, 0.25) is 5.43 Å². The number of pyridine rings is 1. The fourth-order valence-corrected chi connectivity index (χ4v) is 3.99. The maximum absolute atomic E-state index is 12.2. The topological polar surface area (TPSA) is 31.2 Å². The van der Waals surface area contributed by atoms with Crippen LogP contribution in [0.5, 0.6) is 5.75 Å². The summed E-state index contributed by atoms with van der Waals surface area (Å²) in [4.78, 5) is 12.2. The van der Waals surface area contributed by atoms with Crippen molar-refractivity contribution >= 4 is 8.24 Å². The Hall–Kier alpha value is -1.81. The number of ether oxygens (including phenoxy) is 1. The maximum Gasteiger partial charge on any atom is 0.223 e. The second kappa shape index (κ2) is 6.31. The monoisotopic (exact) mass is 301 g/mol. The molecule has 4 heteroatoms. The highest BCUT2D eigenvalue weighted by Crippen LogP contribution is 2.19. The maximum atomic E-state index is 12.2. The number of benzene rings is 1. The van der Waals surface area contributed by atoms with Gasteiger partial charge in [-0.25, -0.2) is 0 Å². The molecule has 1 aromatic carbocycles. The minimum Gasteiger partial charge on any atom is -0.483 e. The molecule has 0 saturated carbocycles. The zero-order valence-electron chi connectivity index (χ0n) is 13.2. The van der Waals surface area contributed by atoms with E-state index in [1.807, 2.05) is 36.5 Å². The van der Waals surface area contributed by atoms with Gasteiger partial charge in [-0.15, -0.1) is 0 Å².